The molecular formula is C16H13F3N2O3S2. The lowest BCUT2D eigenvalue weighted by Gasteiger charge is -2.21. The van der Waals surface area contributed by atoms with Crippen LogP contribution in [0.1, 0.15) is 12.7 Å². The summed E-state index contributed by atoms with van der Waals surface area (Å²) >= 11 is 0.836. The maximum absolute atomic E-state index is 12.9. The van der Waals surface area contributed by atoms with E-state index in [1.165, 1.54) is 16.4 Å². The molecular weight excluding hydrogens is 389 g/mol. The molecule has 0 saturated heterocycles. The number of thiophene rings is 1. The van der Waals surface area contributed by atoms with E-state index >= 15 is 0 Å². The van der Waals surface area contributed by atoms with Gasteiger partial charge in [0.1, 0.15) is 9.90 Å². The Morgan fingerprint density at radius 3 is 2.42 bits per heavy atom. The third-order valence-electron chi connectivity index (χ3n) is 3.50. The highest BCUT2D eigenvalue weighted by Gasteiger charge is 2.36. The Bertz CT molecular complexity index is 995. The van der Waals surface area contributed by atoms with Gasteiger partial charge in [-0.3, -0.25) is 4.31 Å². The fourth-order valence-corrected chi connectivity index (χ4v) is 5.16. The summed E-state index contributed by atoms with van der Waals surface area (Å²) in [5, 5.41) is 3.38. The predicted molar refractivity (Wildman–Crippen MR) is 91.5 cm³/mol. The first-order valence-corrected chi connectivity index (χ1v) is 9.71. The fraction of sp³-hybridized carbons (Fsp3) is 0.188. The molecule has 26 heavy (non-hydrogen) atoms. The molecule has 0 bridgehead atoms. The SMILES string of the molecule is CCN(c1ccccc1)S(=O)(=O)c1ccc(-c2cc(C(F)(F)F)on2)s1. The van der Waals surface area contributed by atoms with Crippen molar-refractivity contribution in [3.63, 3.8) is 0 Å². The lowest BCUT2D eigenvalue weighted by Crippen LogP contribution is -2.30. The highest BCUT2D eigenvalue weighted by atomic mass is 32.2. The van der Waals surface area contributed by atoms with Gasteiger partial charge in [-0.15, -0.1) is 11.3 Å². The number of hydrogen-bond acceptors (Lipinski definition) is 5. The first-order chi connectivity index (χ1) is 12.2. The van der Waals surface area contributed by atoms with Gasteiger partial charge in [-0.2, -0.15) is 13.2 Å². The second-order valence-electron chi connectivity index (χ2n) is 5.20. The number of hydrogen-bond donors (Lipinski definition) is 0. The van der Waals surface area contributed by atoms with Crippen molar-refractivity contribution in [2.24, 2.45) is 0 Å². The predicted octanol–water partition coefficient (Wildman–Crippen LogP) is 4.64. The molecule has 3 aromatic rings. The zero-order valence-corrected chi connectivity index (χ0v) is 15.0. The average Bonchev–Trinajstić information content (AvgIpc) is 3.25. The van der Waals surface area contributed by atoms with Gasteiger partial charge in [0.25, 0.3) is 10.0 Å². The largest absolute Gasteiger partial charge is 0.452 e. The van der Waals surface area contributed by atoms with E-state index < -0.39 is 22.0 Å². The molecule has 0 amide bonds. The first-order valence-electron chi connectivity index (χ1n) is 7.45. The summed E-state index contributed by atoms with van der Waals surface area (Å²) in [6.45, 7) is 1.91. The molecule has 5 nitrogen and oxygen atoms in total. The van der Waals surface area contributed by atoms with Crippen molar-refractivity contribution in [2.45, 2.75) is 17.3 Å². The van der Waals surface area contributed by atoms with Crippen LogP contribution in [-0.4, -0.2) is 20.1 Å². The maximum Gasteiger partial charge on any atom is 0.452 e. The van der Waals surface area contributed by atoms with Crippen molar-refractivity contribution in [3.05, 3.63) is 54.3 Å². The smallest absolute Gasteiger partial charge is 0.351 e. The van der Waals surface area contributed by atoms with Crippen LogP contribution in [0.25, 0.3) is 10.6 Å². The lowest BCUT2D eigenvalue weighted by atomic mass is 10.3. The average molecular weight is 402 g/mol. The molecule has 0 saturated carbocycles. The van der Waals surface area contributed by atoms with Crippen LogP contribution in [-0.2, 0) is 16.2 Å². The van der Waals surface area contributed by atoms with Crippen LogP contribution in [0, 0.1) is 0 Å². The number of anilines is 1. The van der Waals surface area contributed by atoms with E-state index in [1.54, 1.807) is 37.3 Å². The summed E-state index contributed by atoms with van der Waals surface area (Å²) in [6.07, 6.45) is -4.65. The van der Waals surface area contributed by atoms with Crippen LogP contribution in [0.15, 0.2) is 57.3 Å². The van der Waals surface area contributed by atoms with E-state index in [0.29, 0.717) is 5.69 Å². The van der Waals surface area contributed by atoms with Gasteiger partial charge in [-0.1, -0.05) is 23.4 Å². The van der Waals surface area contributed by atoms with Crippen LogP contribution in [0.3, 0.4) is 0 Å². The third-order valence-corrected chi connectivity index (χ3v) is 6.98. The van der Waals surface area contributed by atoms with E-state index in [2.05, 4.69) is 9.68 Å². The number of nitrogens with zero attached hydrogens (tertiary/aromatic N) is 2. The highest BCUT2D eigenvalue weighted by molar-refractivity contribution is 7.94. The number of para-hydroxylation sites is 1. The van der Waals surface area contributed by atoms with Crippen LogP contribution in [0.2, 0.25) is 0 Å². The Kier molecular flexibility index (Phi) is 4.80. The molecule has 10 heteroatoms. The molecule has 2 heterocycles. The third kappa shape index (κ3) is 3.47. The molecule has 3 rings (SSSR count). The van der Waals surface area contributed by atoms with Gasteiger partial charge >= 0.3 is 6.18 Å². The molecule has 0 aliphatic heterocycles. The molecule has 0 N–H and O–H groups in total. The number of sulfonamides is 1. The summed E-state index contributed by atoms with van der Waals surface area (Å²) in [5.74, 6) is -1.23. The van der Waals surface area contributed by atoms with Gasteiger partial charge in [0.2, 0.25) is 5.76 Å². The van der Waals surface area contributed by atoms with E-state index in [9.17, 15) is 21.6 Å². The van der Waals surface area contributed by atoms with E-state index in [4.69, 9.17) is 0 Å². The minimum absolute atomic E-state index is 0.00904. The first kappa shape index (κ1) is 18.5. The Hall–Kier alpha value is -2.33. The minimum Gasteiger partial charge on any atom is -0.351 e. The van der Waals surface area contributed by atoms with Crippen molar-refractivity contribution in [1.82, 2.24) is 5.16 Å². The van der Waals surface area contributed by atoms with Crippen molar-refractivity contribution in [3.8, 4) is 10.6 Å². The molecule has 138 valence electrons. The Morgan fingerprint density at radius 1 is 1.15 bits per heavy atom. The molecule has 0 radical (unpaired) electrons. The summed E-state index contributed by atoms with van der Waals surface area (Å²) in [6, 6.07) is 12.1. The van der Waals surface area contributed by atoms with E-state index in [0.717, 1.165) is 17.4 Å². The summed E-state index contributed by atoms with van der Waals surface area (Å²) < 4.78 is 69.2. The van der Waals surface area contributed by atoms with Crippen molar-refractivity contribution in [2.75, 3.05) is 10.8 Å². The molecule has 2 aromatic heterocycles. The van der Waals surface area contributed by atoms with Crippen molar-refractivity contribution < 1.29 is 26.1 Å². The summed E-state index contributed by atoms with van der Waals surface area (Å²) in [5.41, 5.74) is 0.442. The number of rotatable bonds is 5. The summed E-state index contributed by atoms with van der Waals surface area (Å²) in [7, 11) is -3.84. The monoisotopic (exact) mass is 402 g/mol. The minimum atomic E-state index is -4.65. The van der Waals surface area contributed by atoms with E-state index in [-0.39, 0.29) is 21.3 Å². The molecule has 0 aliphatic rings. The number of aromatic nitrogens is 1. The molecule has 0 atom stereocenters. The van der Waals surface area contributed by atoms with Gasteiger partial charge in [-0.05, 0) is 31.2 Å². The van der Waals surface area contributed by atoms with Gasteiger partial charge in [0.05, 0.1) is 10.6 Å². The van der Waals surface area contributed by atoms with Crippen molar-refractivity contribution >= 4 is 27.0 Å². The van der Waals surface area contributed by atoms with Crippen LogP contribution in [0.4, 0.5) is 18.9 Å². The number of alkyl halides is 3. The molecule has 0 fully saturated rings. The molecule has 1 aromatic carbocycles. The van der Waals surface area contributed by atoms with Gasteiger partial charge in [0, 0.05) is 12.6 Å². The van der Waals surface area contributed by atoms with Crippen LogP contribution in [0.5, 0.6) is 0 Å². The normalized spacial score (nSPS) is 12.3. The zero-order chi connectivity index (χ0) is 18.9. The number of benzene rings is 1. The van der Waals surface area contributed by atoms with Crippen LogP contribution < -0.4 is 4.31 Å². The van der Waals surface area contributed by atoms with Gasteiger partial charge < -0.3 is 4.52 Å². The molecule has 0 aliphatic carbocycles. The number of halogens is 3. The Morgan fingerprint density at radius 2 is 1.85 bits per heavy atom. The molecule has 0 unspecified atom stereocenters. The Balaban J connectivity index is 1.94. The summed E-state index contributed by atoms with van der Waals surface area (Å²) in [4.78, 5) is 0.270. The fourth-order valence-electron chi connectivity index (χ4n) is 2.32. The standard InChI is InChI=1S/C16H13F3N2O3S2/c1-2-21(11-6-4-3-5-7-11)26(22,23)15-9-8-13(25-15)12-10-14(24-20-12)16(17,18)19/h3-10H,2H2,1H3. The quantitative estimate of drug-likeness (QED) is 0.624. The topological polar surface area (TPSA) is 63.4 Å². The Labute approximate surface area is 151 Å². The van der Waals surface area contributed by atoms with Crippen molar-refractivity contribution in [1.29, 1.82) is 0 Å². The second-order valence-corrected chi connectivity index (χ2v) is 8.37. The maximum atomic E-state index is 12.9. The van der Waals surface area contributed by atoms with Gasteiger partial charge in [-0.25, -0.2) is 8.42 Å². The van der Waals surface area contributed by atoms with Gasteiger partial charge in [0.15, 0.2) is 0 Å². The zero-order valence-electron chi connectivity index (χ0n) is 13.4. The van der Waals surface area contributed by atoms with Crippen LogP contribution >= 0.6 is 11.3 Å². The second kappa shape index (κ2) is 6.76. The molecule has 0 spiro atoms. The van der Waals surface area contributed by atoms with E-state index in [1.807, 2.05) is 0 Å². The lowest BCUT2D eigenvalue weighted by molar-refractivity contribution is -0.155. The highest BCUT2D eigenvalue weighted by Crippen LogP contribution is 2.36.